The second-order valence-corrected chi connectivity index (χ2v) is 7.95. The number of nitrogens with one attached hydrogen (secondary N) is 1. The third-order valence-corrected chi connectivity index (χ3v) is 6.07. The first-order chi connectivity index (χ1) is 16.9. The molecule has 0 spiro atoms. The van der Waals surface area contributed by atoms with Gasteiger partial charge in [0.25, 0.3) is 11.8 Å². The van der Waals surface area contributed by atoms with Crippen molar-refractivity contribution in [2.24, 2.45) is 16.6 Å². The molecule has 4 atom stereocenters. The third kappa shape index (κ3) is 4.11. The largest absolute Gasteiger partial charge is 0.493 e. The van der Waals surface area contributed by atoms with Crippen LogP contribution in [0.15, 0.2) is 35.5 Å². The van der Waals surface area contributed by atoms with Gasteiger partial charge < -0.3 is 15.7 Å². The fraction of sp³-hybridized carbons (Fsp3) is 0.381. The topological polar surface area (TPSA) is 119 Å². The number of pyridine rings is 1. The van der Waals surface area contributed by atoms with Crippen LogP contribution in [-0.4, -0.2) is 46.5 Å². The summed E-state index contributed by atoms with van der Waals surface area (Å²) < 4.78 is 97.7. The van der Waals surface area contributed by atoms with Crippen molar-refractivity contribution in [3.05, 3.63) is 58.7 Å². The maximum atomic E-state index is 14.7. The molecule has 1 aliphatic rings. The van der Waals surface area contributed by atoms with Crippen molar-refractivity contribution >= 4 is 11.8 Å². The van der Waals surface area contributed by atoms with Gasteiger partial charge in [0.15, 0.2) is 11.6 Å². The molecule has 2 aromatic rings. The number of benzene rings is 1. The summed E-state index contributed by atoms with van der Waals surface area (Å²) >= 11 is 0. The predicted octanol–water partition coefficient (Wildman–Crippen LogP) is 2.25. The Balaban J connectivity index is 2.22. The second kappa shape index (κ2) is 8.70. The molecule has 0 radical (unpaired) electrons. The van der Waals surface area contributed by atoms with Crippen molar-refractivity contribution in [2.75, 3.05) is 7.04 Å². The van der Waals surface area contributed by atoms with Crippen molar-refractivity contribution in [1.29, 1.82) is 0 Å². The molecule has 0 saturated carbocycles. The summed E-state index contributed by atoms with van der Waals surface area (Å²) in [5.74, 6) is -9.91. The number of nitrogens with zero attached hydrogens (tertiary/aromatic N) is 2. The number of alkyl halides is 3. The van der Waals surface area contributed by atoms with Gasteiger partial charge in [0.1, 0.15) is 11.2 Å². The summed E-state index contributed by atoms with van der Waals surface area (Å²) in [5, 5.41) is 11.5. The van der Waals surface area contributed by atoms with Crippen LogP contribution in [0.25, 0.3) is 0 Å². The molecular formula is C21H21F5N4O4. The molecular weight excluding hydrogens is 467 g/mol. The number of rotatable bonds is 4. The van der Waals surface area contributed by atoms with E-state index >= 15 is 0 Å². The van der Waals surface area contributed by atoms with E-state index in [1.54, 1.807) is 0 Å². The number of primary amides is 1. The normalized spacial score (nSPS) is 27.1. The van der Waals surface area contributed by atoms with Gasteiger partial charge in [-0.1, -0.05) is 13.0 Å². The fourth-order valence-corrected chi connectivity index (χ4v) is 4.04. The number of carbonyl (C=O) groups excluding carboxylic acids is 2. The van der Waals surface area contributed by atoms with Gasteiger partial charge in [-0.25, -0.2) is 9.38 Å². The number of ether oxygens (including phenoxy) is 1. The summed E-state index contributed by atoms with van der Waals surface area (Å²) in [5.41, 5.74) is 1.37. The lowest BCUT2D eigenvalue weighted by Gasteiger charge is -2.33. The molecule has 0 unspecified atom stereocenters. The first kappa shape index (κ1) is 21.1. The number of hydrogen-bond acceptors (Lipinski definition) is 5. The van der Waals surface area contributed by atoms with Crippen molar-refractivity contribution in [2.45, 2.75) is 37.5 Å². The van der Waals surface area contributed by atoms with E-state index in [4.69, 9.17) is 9.85 Å². The molecule has 2 amide bonds. The summed E-state index contributed by atoms with van der Waals surface area (Å²) in [6.07, 6.45) is -4.04. The Bertz CT molecular complexity index is 1310. The van der Waals surface area contributed by atoms with Crippen molar-refractivity contribution in [3.63, 3.8) is 0 Å². The van der Waals surface area contributed by atoms with Crippen LogP contribution < -0.4 is 21.1 Å². The summed E-state index contributed by atoms with van der Waals surface area (Å²) in [4.78, 5) is 28.3. The van der Waals surface area contributed by atoms with E-state index in [2.05, 4.69) is 15.0 Å². The van der Waals surface area contributed by atoms with Gasteiger partial charge in [-0.3, -0.25) is 14.9 Å². The van der Waals surface area contributed by atoms with Crippen LogP contribution in [0.5, 0.6) is 5.75 Å². The van der Waals surface area contributed by atoms with Crippen LogP contribution in [0.3, 0.4) is 0 Å². The van der Waals surface area contributed by atoms with Crippen LogP contribution >= 0.6 is 0 Å². The summed E-state index contributed by atoms with van der Waals surface area (Å²) in [6.45, 7) is 1.85. The Morgan fingerprint density at radius 1 is 1.32 bits per heavy atom. The van der Waals surface area contributed by atoms with Crippen molar-refractivity contribution in [3.8, 4) is 5.75 Å². The standard InChI is InChI=1S/C21H21F5N4O4/c1-9-14(11-4-5-12(22)15(23)17(11)34-3)16(29-20(9,2)21(24,25)26)19(32)28-10-6-7-30(33)13(8-10)18(27)31/h4-9,14,16,29,33H,1-3H3,(H2,27,31)/t9-,14-,16+,20+/m0/s1/i3D3. The van der Waals surface area contributed by atoms with Crippen LogP contribution in [0.4, 0.5) is 22.0 Å². The molecule has 8 nitrogen and oxygen atoms in total. The molecule has 4 N–H and O–H groups in total. The van der Waals surface area contributed by atoms with Gasteiger partial charge in [0, 0.05) is 17.7 Å². The molecule has 1 fully saturated rings. The number of nitrogens with two attached hydrogens (primary N) is 1. The Labute approximate surface area is 194 Å². The van der Waals surface area contributed by atoms with Gasteiger partial charge in [0.2, 0.25) is 5.82 Å². The minimum atomic E-state index is -4.95. The monoisotopic (exact) mass is 491 g/mol. The quantitative estimate of drug-likeness (QED) is 0.448. The predicted molar refractivity (Wildman–Crippen MR) is 107 cm³/mol. The minimum absolute atomic E-state index is 0.262. The smallest absolute Gasteiger partial charge is 0.406 e. The van der Waals surface area contributed by atoms with Gasteiger partial charge in [-0.15, -0.1) is 0 Å². The maximum absolute atomic E-state index is 14.7. The average molecular weight is 491 g/mol. The molecule has 1 aromatic carbocycles. The number of halogens is 5. The van der Waals surface area contributed by atoms with Gasteiger partial charge in [-0.2, -0.15) is 22.3 Å². The van der Waals surface area contributed by atoms with Crippen LogP contribution in [0.1, 0.15) is 39.9 Å². The molecule has 13 heteroatoms. The summed E-state index contributed by atoms with van der Waals surface area (Å²) in [6, 6.07) is 1.54. The van der Waals surface area contributed by atoms with E-state index in [1.165, 1.54) is 0 Å². The SMILES string of the molecule is [2H]C([2H])([2H])Oc1c([C@H]2[C@H](C(=O)N=c3ccn(O)c(C(N)=O)c3)N[C@@](C)(C(F)(F)F)[C@H]2C)ccc(F)c1F. The van der Waals surface area contributed by atoms with Gasteiger partial charge in [0.05, 0.1) is 22.5 Å². The highest BCUT2D eigenvalue weighted by molar-refractivity contribution is 5.91. The zero-order valence-electron chi connectivity index (χ0n) is 20.7. The molecule has 1 aliphatic heterocycles. The molecule has 0 aliphatic carbocycles. The average Bonchev–Trinajstić information content (AvgIpc) is 3.04. The fourth-order valence-electron chi connectivity index (χ4n) is 4.04. The Kier molecular flexibility index (Phi) is 5.40. The zero-order chi connectivity index (χ0) is 28.1. The number of methoxy groups -OCH3 is 1. The number of carbonyl (C=O) groups is 2. The Morgan fingerprint density at radius 2 is 2.00 bits per heavy atom. The molecule has 3 rings (SSSR count). The zero-order valence-corrected chi connectivity index (χ0v) is 17.7. The van der Waals surface area contributed by atoms with Crippen molar-refractivity contribution in [1.82, 2.24) is 10.0 Å². The van der Waals surface area contributed by atoms with E-state index in [1.807, 2.05) is 0 Å². The van der Waals surface area contributed by atoms with E-state index in [-0.39, 0.29) is 5.36 Å². The van der Waals surface area contributed by atoms with Gasteiger partial charge >= 0.3 is 6.18 Å². The third-order valence-electron chi connectivity index (χ3n) is 6.07. The molecule has 1 aromatic heterocycles. The van der Waals surface area contributed by atoms with Crippen LogP contribution in [0.2, 0.25) is 0 Å². The van der Waals surface area contributed by atoms with E-state index < -0.39 is 77.1 Å². The highest BCUT2D eigenvalue weighted by Gasteiger charge is 2.64. The minimum Gasteiger partial charge on any atom is -0.493 e. The van der Waals surface area contributed by atoms with Gasteiger partial charge in [-0.05, 0) is 31.0 Å². The molecule has 0 bridgehead atoms. The summed E-state index contributed by atoms with van der Waals surface area (Å²) in [7, 11) is -3.30. The molecule has 34 heavy (non-hydrogen) atoms. The Hall–Kier alpha value is -3.48. The number of hydrogen-bond donors (Lipinski definition) is 3. The van der Waals surface area contributed by atoms with Crippen molar-refractivity contribution < 1.29 is 45.6 Å². The van der Waals surface area contributed by atoms with Crippen LogP contribution in [0, 0.1) is 17.6 Å². The molecule has 184 valence electrons. The van der Waals surface area contributed by atoms with E-state index in [0.29, 0.717) is 10.8 Å². The maximum Gasteiger partial charge on any atom is 0.406 e. The van der Waals surface area contributed by atoms with Crippen LogP contribution in [-0.2, 0) is 4.79 Å². The number of aromatic nitrogens is 1. The lowest BCUT2D eigenvalue weighted by Crippen LogP contribution is -2.56. The van der Waals surface area contributed by atoms with E-state index in [0.717, 1.165) is 38.2 Å². The first-order valence-corrected chi connectivity index (χ1v) is 9.69. The second-order valence-electron chi connectivity index (χ2n) is 7.95. The molecule has 1 saturated heterocycles. The number of amides is 2. The Morgan fingerprint density at radius 3 is 2.59 bits per heavy atom. The lowest BCUT2D eigenvalue weighted by atomic mass is 9.76. The van der Waals surface area contributed by atoms with E-state index in [9.17, 15) is 36.7 Å². The highest BCUT2D eigenvalue weighted by Crippen LogP contribution is 2.51. The highest BCUT2D eigenvalue weighted by atomic mass is 19.4. The first-order valence-electron chi connectivity index (χ1n) is 11.2. The molecule has 2 heterocycles. The lowest BCUT2D eigenvalue weighted by molar-refractivity contribution is -0.198.